The second-order valence-electron chi connectivity index (χ2n) is 31.1. The van der Waals surface area contributed by atoms with Gasteiger partial charge in [-0.2, -0.15) is 8.62 Å². The van der Waals surface area contributed by atoms with Gasteiger partial charge >= 0.3 is 46.9 Å². The number of nitrogens with one attached hydrogen (secondary N) is 4. The molecule has 0 spiro atoms. The number of aromatic nitrogens is 8. The number of hydrogen-bond donors (Lipinski definition) is 18. The third kappa shape index (κ3) is 29.1. The summed E-state index contributed by atoms with van der Waals surface area (Å²) in [6.45, 7) is 4.01. The van der Waals surface area contributed by atoms with E-state index in [1.165, 1.54) is 38.8 Å². The molecule has 0 bridgehead atoms. The SMILES string of the molecule is CC(C)(CCCCCc1ccc(CCCCCC2(C(=O)CCNC(=O)CCNC(=O)C(O)C(C)(C)COP(=O)(O)OP(=O)(O)OCC3OC(n4cnc5c(N)ncnc54)C(O)C3OP(=O)(O)O)CC2)cc1)C(=O)CCNC(=O)CCNC(=O)C(O)C(C)(C)COP(=O)(O)OP(=O)(O)OCC1OC(n2cnc3c(N)ncnc32)C(O)C1OP(=O)(O)O. The van der Waals surface area contributed by atoms with E-state index in [0.29, 0.717) is 6.42 Å². The molecule has 672 valence electrons. The first kappa shape index (κ1) is 99.1. The number of Topliss-reactive ketones (excluding diaryl/α,β-unsaturated/α-hetero) is 2. The van der Waals surface area contributed by atoms with Gasteiger partial charge in [0, 0.05) is 73.5 Å². The number of phosphoric acid groups is 6. The summed E-state index contributed by atoms with van der Waals surface area (Å²) in [5.74, 6) is -3.17. The normalized spacial score (nSPS) is 22.2. The maximum atomic E-state index is 13.3. The highest BCUT2D eigenvalue weighted by Gasteiger charge is 2.53. The molecule has 6 heterocycles. The molecular weight excluding hydrogens is 1720 g/mol. The summed E-state index contributed by atoms with van der Waals surface area (Å²) in [5, 5.41) is 53.6. The van der Waals surface area contributed by atoms with Gasteiger partial charge in [0.2, 0.25) is 23.6 Å². The fraction of sp³-hybridized carbons (Fsp3) is 0.667. The third-order valence-electron chi connectivity index (χ3n) is 20.1. The van der Waals surface area contributed by atoms with E-state index in [-0.39, 0.29) is 97.4 Å². The molecule has 3 aliphatic rings. The smallest absolute Gasteiger partial charge is 0.386 e. The molecule has 2 saturated heterocycles. The number of unbranched alkanes of at least 4 members (excludes halogenated alkanes) is 4. The van der Waals surface area contributed by atoms with Crippen molar-refractivity contribution in [2.75, 3.05) is 64.1 Å². The number of ketones is 2. The predicted octanol–water partition coefficient (Wildman–Crippen LogP) is 2.45. The molecule has 0 radical (unpaired) electrons. The largest absolute Gasteiger partial charge is 0.481 e. The van der Waals surface area contributed by atoms with Crippen molar-refractivity contribution in [3.05, 3.63) is 60.7 Å². The molecule has 20 N–H and O–H groups in total. The van der Waals surface area contributed by atoms with Gasteiger partial charge in [0.1, 0.15) is 84.1 Å². The number of hydrogen-bond acceptors (Lipinski definition) is 34. The molecule has 3 fully saturated rings. The standard InChI is InChI=1S/C66H104N14O34P6/c1-63(2,43(81)19-27-69-45(83)21-29-71-59(89)53(87)64(3,4)33-107-119(101,102)113-117(97,98)105-31-41-51(111-115(91,92)93)49(85)61(109-41)79-37-77-47-55(67)73-35-75-57(47)79)23-11-7-9-13-39-15-17-40(18-16-39)14-10-8-12-24-66(25-26-66)44(82)20-28-70-46(84)22-30-72-60(90)54(88)65(5,6)34-108-120(103,104)114-118(99,100)106-32-42-52(112-116(94,95)96)50(86)62(110-42)80-38-78-48-56(68)74-36-76-58(48)80/h15-18,35-38,41-42,49-54,61-62,85-88H,7-14,19-34H2,1-6H3,(H,69,83)(H,70,84)(H,71,89)(H,72,90)(H,97,98)(H,99,100)(H,101,102)(H,103,104)(H2,67,73,75)(H2,68,74,76)(H2,91,92,93)(H2,94,95,96). The zero-order chi connectivity index (χ0) is 88.8. The van der Waals surface area contributed by atoms with Crippen LogP contribution in [0, 0.1) is 21.7 Å². The lowest BCUT2D eigenvalue weighted by Crippen LogP contribution is -2.46. The van der Waals surface area contributed by atoms with Crippen LogP contribution >= 0.6 is 46.9 Å². The molecule has 54 heteroatoms. The van der Waals surface area contributed by atoms with Gasteiger partial charge in [-0.15, -0.1) is 0 Å². The molecule has 4 amide bonds. The topological polar surface area (TPSA) is 727 Å². The van der Waals surface area contributed by atoms with Crippen molar-refractivity contribution >= 4 is 116 Å². The van der Waals surface area contributed by atoms with E-state index >= 15 is 0 Å². The highest BCUT2D eigenvalue weighted by Crippen LogP contribution is 2.63. The minimum atomic E-state index is -5.64. The molecule has 4 aromatic heterocycles. The Morgan fingerprint density at radius 2 is 0.908 bits per heavy atom. The van der Waals surface area contributed by atoms with E-state index in [0.717, 1.165) is 105 Å². The van der Waals surface area contributed by atoms with Crippen LogP contribution in [0.4, 0.5) is 11.6 Å². The molecule has 1 aromatic carbocycles. The molecule has 1 aliphatic carbocycles. The van der Waals surface area contributed by atoms with Crippen LogP contribution < -0.4 is 32.7 Å². The molecule has 8 rings (SSSR count). The van der Waals surface area contributed by atoms with Gasteiger partial charge in [0.15, 0.2) is 35.4 Å². The molecule has 1 saturated carbocycles. The third-order valence-corrected chi connectivity index (χ3v) is 26.3. The highest BCUT2D eigenvalue weighted by molar-refractivity contribution is 7.61. The van der Waals surface area contributed by atoms with Gasteiger partial charge in [-0.25, -0.2) is 57.3 Å². The first-order valence-corrected chi connectivity index (χ1v) is 46.8. The fourth-order valence-electron chi connectivity index (χ4n) is 13.0. The molecule has 48 nitrogen and oxygen atoms in total. The Morgan fingerprint density at radius 3 is 1.31 bits per heavy atom. The maximum absolute atomic E-state index is 13.3. The van der Waals surface area contributed by atoms with Crippen LogP contribution in [0.5, 0.6) is 0 Å². The van der Waals surface area contributed by atoms with Crippen molar-refractivity contribution in [3.63, 3.8) is 0 Å². The number of fused-ring (bicyclic) bond motifs is 2. The van der Waals surface area contributed by atoms with Crippen LogP contribution in [0.25, 0.3) is 22.3 Å². The minimum absolute atomic E-state index is 0.00690. The van der Waals surface area contributed by atoms with Crippen LogP contribution in [-0.4, -0.2) is 235 Å². The number of ether oxygens (including phenoxy) is 2. The molecule has 5 aromatic rings. The Labute approximate surface area is 686 Å². The van der Waals surface area contributed by atoms with E-state index in [2.05, 4.69) is 93.1 Å². The number of amides is 4. The second-order valence-corrected chi connectivity index (χ2v) is 39.6. The summed E-state index contributed by atoms with van der Waals surface area (Å²) in [5.41, 5.74) is 9.67. The van der Waals surface area contributed by atoms with Crippen LogP contribution in [0.3, 0.4) is 0 Å². The van der Waals surface area contributed by atoms with Crippen molar-refractivity contribution in [3.8, 4) is 0 Å². The Morgan fingerprint density at radius 1 is 0.525 bits per heavy atom. The number of phosphoric ester groups is 6. The number of imidazole rings is 2. The Hall–Kier alpha value is -6.36. The molecule has 14 unspecified atom stereocenters. The van der Waals surface area contributed by atoms with Crippen LogP contribution in [-0.2, 0) is 114 Å². The Bertz CT molecular complexity index is 4430. The van der Waals surface area contributed by atoms with Crippen LogP contribution in [0.1, 0.15) is 155 Å². The predicted molar refractivity (Wildman–Crippen MR) is 415 cm³/mol. The van der Waals surface area contributed by atoms with Gasteiger partial charge in [-0.05, 0) is 62.5 Å². The maximum Gasteiger partial charge on any atom is 0.481 e. The summed E-state index contributed by atoms with van der Waals surface area (Å²) < 4.78 is 126. The van der Waals surface area contributed by atoms with E-state index in [4.69, 9.17) is 39.0 Å². The average Bonchev–Trinajstić information content (AvgIpc) is 1.62. The van der Waals surface area contributed by atoms with Gasteiger partial charge in [-0.3, -0.25) is 65.0 Å². The van der Waals surface area contributed by atoms with Crippen molar-refractivity contribution in [1.82, 2.24) is 60.3 Å². The van der Waals surface area contributed by atoms with Crippen molar-refractivity contribution in [1.29, 1.82) is 0 Å². The zero-order valence-electron chi connectivity index (χ0n) is 66.1. The lowest BCUT2D eigenvalue weighted by Gasteiger charge is -2.30. The van der Waals surface area contributed by atoms with Gasteiger partial charge in [0.25, 0.3) is 0 Å². The summed E-state index contributed by atoms with van der Waals surface area (Å²) in [6, 6.07) is 8.44. The van der Waals surface area contributed by atoms with E-state index in [1.54, 1.807) is 0 Å². The number of nitrogens with zero attached hydrogens (tertiary/aromatic N) is 8. The summed E-state index contributed by atoms with van der Waals surface area (Å²) in [4.78, 5) is 181. The first-order chi connectivity index (χ1) is 55.8. The summed E-state index contributed by atoms with van der Waals surface area (Å²) >= 11 is 0. The number of aliphatic hydroxyl groups is 4. The fourth-order valence-corrected chi connectivity index (χ4v) is 18.6. The minimum Gasteiger partial charge on any atom is -0.386 e. The Balaban J connectivity index is 0.620. The van der Waals surface area contributed by atoms with Crippen LogP contribution in [0.15, 0.2) is 49.6 Å². The molecule has 2 aliphatic heterocycles. The monoisotopic (exact) mass is 1820 g/mol. The zero-order valence-corrected chi connectivity index (χ0v) is 71.5. The lowest BCUT2D eigenvalue weighted by molar-refractivity contribution is -0.137. The molecule has 120 heavy (non-hydrogen) atoms. The summed E-state index contributed by atoms with van der Waals surface area (Å²) in [7, 11) is -33.2. The van der Waals surface area contributed by atoms with Gasteiger partial charge < -0.3 is 102 Å². The molecule has 14 atom stereocenters. The van der Waals surface area contributed by atoms with Crippen molar-refractivity contribution < 1.29 is 161 Å². The second kappa shape index (κ2) is 41.6. The number of aryl methyl sites for hydroxylation is 2. The number of carbonyl (C=O) groups is 6. The van der Waals surface area contributed by atoms with Crippen molar-refractivity contribution in [2.24, 2.45) is 21.7 Å². The van der Waals surface area contributed by atoms with Gasteiger partial charge in [0.05, 0.1) is 39.1 Å². The molecular formula is C66H104N14O34P6. The van der Waals surface area contributed by atoms with Crippen molar-refractivity contribution in [2.45, 2.75) is 206 Å². The number of rotatable bonds is 52. The highest BCUT2D eigenvalue weighted by atomic mass is 31.3. The first-order valence-electron chi connectivity index (χ1n) is 37.7. The number of benzene rings is 1. The summed E-state index contributed by atoms with van der Waals surface area (Å²) in [6.07, 6.45) is -4.43. The number of carbonyl (C=O) groups excluding carboxylic acids is 6. The quantitative estimate of drug-likeness (QED) is 0.0196. The van der Waals surface area contributed by atoms with E-state index in [9.17, 15) is 116 Å². The van der Waals surface area contributed by atoms with E-state index in [1.807, 2.05) is 13.8 Å². The number of aliphatic hydroxyl groups excluding tert-OH is 4. The lowest BCUT2D eigenvalue weighted by atomic mass is 9.81. The average molecular weight is 1820 g/mol. The van der Waals surface area contributed by atoms with Crippen LogP contribution in [0.2, 0.25) is 0 Å². The number of nitrogen functional groups attached to an aromatic ring is 2. The van der Waals surface area contributed by atoms with E-state index < -0.39 is 180 Å². The van der Waals surface area contributed by atoms with Gasteiger partial charge in [-0.1, -0.05) is 91.5 Å². The Kier molecular flexibility index (Phi) is 34.4. The number of anilines is 2. The number of nitrogens with two attached hydrogens (primary N) is 2.